The standard InChI is InChI=1S/C11H14FNO/c12-5-6-13-8-10-7-9-3-1-2-4-11(9)14-10/h1-4,10,13H,5-8H2. The summed E-state index contributed by atoms with van der Waals surface area (Å²) >= 11 is 0. The number of hydrogen-bond acceptors (Lipinski definition) is 2. The smallest absolute Gasteiger partial charge is 0.123 e. The number of nitrogens with one attached hydrogen (secondary N) is 1. The van der Waals surface area contributed by atoms with Gasteiger partial charge in [0.1, 0.15) is 18.5 Å². The molecule has 1 heterocycles. The summed E-state index contributed by atoms with van der Waals surface area (Å²) in [6.07, 6.45) is 1.09. The van der Waals surface area contributed by atoms with Crippen LogP contribution in [0.5, 0.6) is 5.75 Å². The first-order valence-corrected chi connectivity index (χ1v) is 4.91. The van der Waals surface area contributed by atoms with Gasteiger partial charge in [0, 0.05) is 19.5 Å². The van der Waals surface area contributed by atoms with Crippen molar-refractivity contribution in [3.8, 4) is 5.75 Å². The van der Waals surface area contributed by atoms with Gasteiger partial charge >= 0.3 is 0 Å². The number of halogens is 1. The number of hydrogen-bond donors (Lipinski definition) is 1. The summed E-state index contributed by atoms with van der Waals surface area (Å²) in [6, 6.07) is 8.03. The van der Waals surface area contributed by atoms with Crippen LogP contribution in [0, 0.1) is 0 Å². The Kier molecular flexibility index (Phi) is 2.99. The highest BCUT2D eigenvalue weighted by atomic mass is 19.1. The minimum atomic E-state index is -0.320. The molecule has 0 saturated carbocycles. The molecule has 0 aliphatic carbocycles. The lowest BCUT2D eigenvalue weighted by Gasteiger charge is -2.10. The van der Waals surface area contributed by atoms with Gasteiger partial charge in [0.05, 0.1) is 0 Å². The highest BCUT2D eigenvalue weighted by Gasteiger charge is 2.21. The van der Waals surface area contributed by atoms with Crippen molar-refractivity contribution < 1.29 is 9.13 Å². The Morgan fingerprint density at radius 1 is 1.43 bits per heavy atom. The molecule has 1 atom stereocenters. The third-order valence-corrected chi connectivity index (χ3v) is 2.36. The summed E-state index contributed by atoms with van der Waals surface area (Å²) in [5.74, 6) is 0.972. The minimum absolute atomic E-state index is 0.166. The number of benzene rings is 1. The van der Waals surface area contributed by atoms with Gasteiger partial charge in [-0.3, -0.25) is 0 Å². The van der Waals surface area contributed by atoms with E-state index in [9.17, 15) is 4.39 Å². The zero-order valence-corrected chi connectivity index (χ0v) is 8.00. The quantitative estimate of drug-likeness (QED) is 0.736. The fourth-order valence-corrected chi connectivity index (χ4v) is 1.70. The number of para-hydroxylation sites is 1. The Bertz CT molecular complexity index is 278. The van der Waals surface area contributed by atoms with Crippen molar-refractivity contribution in [2.75, 3.05) is 19.8 Å². The van der Waals surface area contributed by atoms with E-state index in [2.05, 4.69) is 11.4 Å². The largest absolute Gasteiger partial charge is 0.488 e. The molecule has 0 saturated heterocycles. The molecule has 2 rings (SSSR count). The molecule has 1 aliphatic rings. The summed E-state index contributed by atoms with van der Waals surface area (Å²) in [7, 11) is 0. The molecule has 3 heteroatoms. The summed E-state index contributed by atoms with van der Waals surface area (Å²) in [6.45, 7) is 0.814. The molecule has 14 heavy (non-hydrogen) atoms. The van der Waals surface area contributed by atoms with Crippen molar-refractivity contribution in [3.63, 3.8) is 0 Å². The van der Waals surface area contributed by atoms with E-state index in [4.69, 9.17) is 4.74 Å². The molecule has 1 aromatic carbocycles. The van der Waals surface area contributed by atoms with Crippen LogP contribution in [0.1, 0.15) is 5.56 Å². The molecule has 0 amide bonds. The first-order chi connectivity index (χ1) is 6.90. The first-order valence-electron chi connectivity index (χ1n) is 4.91. The second-order valence-corrected chi connectivity index (χ2v) is 3.44. The Morgan fingerprint density at radius 2 is 2.29 bits per heavy atom. The predicted molar refractivity (Wildman–Crippen MR) is 53.4 cm³/mol. The van der Waals surface area contributed by atoms with Crippen LogP contribution < -0.4 is 10.1 Å². The average Bonchev–Trinajstić information content (AvgIpc) is 2.60. The minimum Gasteiger partial charge on any atom is -0.488 e. The number of fused-ring (bicyclic) bond motifs is 1. The van der Waals surface area contributed by atoms with Crippen molar-refractivity contribution in [1.29, 1.82) is 0 Å². The second-order valence-electron chi connectivity index (χ2n) is 3.44. The van der Waals surface area contributed by atoms with E-state index < -0.39 is 0 Å². The van der Waals surface area contributed by atoms with E-state index in [-0.39, 0.29) is 12.8 Å². The summed E-state index contributed by atoms with van der Waals surface area (Å²) in [4.78, 5) is 0. The van der Waals surface area contributed by atoms with E-state index in [1.54, 1.807) is 0 Å². The zero-order chi connectivity index (χ0) is 9.80. The van der Waals surface area contributed by atoms with Gasteiger partial charge in [0.15, 0.2) is 0 Å². The molecule has 0 aromatic heterocycles. The van der Waals surface area contributed by atoms with Crippen LogP contribution in [0.2, 0.25) is 0 Å². The Morgan fingerprint density at radius 3 is 3.07 bits per heavy atom. The molecule has 1 aromatic rings. The fraction of sp³-hybridized carbons (Fsp3) is 0.455. The van der Waals surface area contributed by atoms with E-state index in [1.165, 1.54) is 5.56 Å². The average molecular weight is 195 g/mol. The van der Waals surface area contributed by atoms with Crippen molar-refractivity contribution in [2.24, 2.45) is 0 Å². The van der Waals surface area contributed by atoms with Crippen LogP contribution in [0.3, 0.4) is 0 Å². The molecule has 0 fully saturated rings. The van der Waals surface area contributed by atoms with E-state index in [0.717, 1.165) is 18.7 Å². The van der Waals surface area contributed by atoms with Gasteiger partial charge < -0.3 is 10.1 Å². The topological polar surface area (TPSA) is 21.3 Å². The third kappa shape index (κ3) is 2.04. The molecular weight excluding hydrogens is 181 g/mol. The molecule has 1 unspecified atom stereocenters. The summed E-state index contributed by atoms with van der Waals surface area (Å²) in [5.41, 5.74) is 1.25. The highest BCUT2D eigenvalue weighted by Crippen LogP contribution is 2.27. The Balaban J connectivity index is 1.86. The monoisotopic (exact) mass is 195 g/mol. The maximum Gasteiger partial charge on any atom is 0.123 e. The van der Waals surface area contributed by atoms with Crippen LogP contribution in [0.25, 0.3) is 0 Å². The number of rotatable bonds is 4. The molecule has 1 aliphatic heterocycles. The second kappa shape index (κ2) is 4.42. The van der Waals surface area contributed by atoms with Crippen molar-refractivity contribution in [3.05, 3.63) is 29.8 Å². The predicted octanol–water partition coefficient (Wildman–Crippen LogP) is 1.55. The third-order valence-electron chi connectivity index (χ3n) is 2.36. The molecule has 0 radical (unpaired) electrons. The first kappa shape index (κ1) is 9.46. The van der Waals surface area contributed by atoms with Crippen LogP contribution in [-0.4, -0.2) is 25.9 Å². The van der Waals surface area contributed by atoms with Gasteiger partial charge in [-0.2, -0.15) is 0 Å². The van der Waals surface area contributed by atoms with Gasteiger partial charge in [0.2, 0.25) is 0 Å². The Hall–Kier alpha value is -1.09. The van der Waals surface area contributed by atoms with E-state index in [0.29, 0.717) is 6.54 Å². The van der Waals surface area contributed by atoms with Crippen LogP contribution >= 0.6 is 0 Å². The van der Waals surface area contributed by atoms with Gasteiger partial charge in [-0.15, -0.1) is 0 Å². The fourth-order valence-electron chi connectivity index (χ4n) is 1.70. The van der Waals surface area contributed by atoms with Gasteiger partial charge in [-0.25, -0.2) is 4.39 Å². The van der Waals surface area contributed by atoms with Crippen LogP contribution in [0.4, 0.5) is 4.39 Å². The van der Waals surface area contributed by atoms with Crippen molar-refractivity contribution in [1.82, 2.24) is 5.32 Å². The van der Waals surface area contributed by atoms with Gasteiger partial charge in [-0.05, 0) is 11.6 Å². The number of alkyl halides is 1. The van der Waals surface area contributed by atoms with Crippen molar-refractivity contribution in [2.45, 2.75) is 12.5 Å². The van der Waals surface area contributed by atoms with E-state index >= 15 is 0 Å². The lowest BCUT2D eigenvalue weighted by Crippen LogP contribution is -2.31. The van der Waals surface area contributed by atoms with Gasteiger partial charge in [-0.1, -0.05) is 18.2 Å². The lowest BCUT2D eigenvalue weighted by atomic mass is 10.1. The normalized spacial score (nSPS) is 19.1. The van der Waals surface area contributed by atoms with Crippen molar-refractivity contribution >= 4 is 0 Å². The molecule has 76 valence electrons. The SMILES string of the molecule is FCCNCC1Cc2ccccc2O1. The molecule has 0 spiro atoms. The highest BCUT2D eigenvalue weighted by molar-refractivity contribution is 5.37. The van der Waals surface area contributed by atoms with Gasteiger partial charge in [0.25, 0.3) is 0 Å². The lowest BCUT2D eigenvalue weighted by molar-refractivity contribution is 0.226. The maximum absolute atomic E-state index is 11.8. The Labute approximate surface area is 83.1 Å². The summed E-state index contributed by atoms with van der Waals surface area (Å²) in [5, 5.41) is 3.01. The molecular formula is C11H14FNO. The maximum atomic E-state index is 11.8. The number of ether oxygens (including phenoxy) is 1. The van der Waals surface area contributed by atoms with Crippen LogP contribution in [-0.2, 0) is 6.42 Å². The molecule has 0 bridgehead atoms. The van der Waals surface area contributed by atoms with E-state index in [1.807, 2.05) is 18.2 Å². The summed E-state index contributed by atoms with van der Waals surface area (Å²) < 4.78 is 17.5. The molecule has 2 nitrogen and oxygen atoms in total. The zero-order valence-electron chi connectivity index (χ0n) is 8.00. The molecule has 1 N–H and O–H groups in total. The van der Waals surface area contributed by atoms with Crippen LogP contribution in [0.15, 0.2) is 24.3 Å².